The Morgan fingerprint density at radius 3 is 2.38 bits per heavy atom. The number of sulfonamides is 1. The van der Waals surface area contributed by atoms with E-state index >= 15 is 0 Å². The lowest BCUT2D eigenvalue weighted by Crippen LogP contribution is -2.45. The van der Waals surface area contributed by atoms with Crippen LogP contribution in [0.25, 0.3) is 17.3 Å². The first-order valence-corrected chi connectivity index (χ1v) is 15.1. The number of nitrogens with one attached hydrogen (secondary N) is 2. The summed E-state index contributed by atoms with van der Waals surface area (Å²) in [5.41, 5.74) is 3.01. The topological polar surface area (TPSA) is 119 Å². The molecule has 2 N–H and O–H groups in total. The fourth-order valence-corrected chi connectivity index (χ4v) is 6.17. The smallest absolute Gasteiger partial charge is 0.360 e. The molecule has 1 aliphatic carbocycles. The standard InChI is InChI=1S/C28H31BrN4O5S/c1-3-38-27(34)25-24(29)26(19(2)18-20-10-6-4-7-11-20)33(31-25)22-14-16-23(17-15-22)39(36,37)32-28(35)30-21-12-8-5-9-13-21/h4,6-7,10-11,14-18,21H,3,5,8-9,12-13H2,1-2H3,(H2,30,32,35)/b19-18+. The molecule has 0 saturated heterocycles. The van der Waals surface area contributed by atoms with Crippen LogP contribution in [0.2, 0.25) is 0 Å². The van der Waals surface area contributed by atoms with Crippen LogP contribution in [0.4, 0.5) is 4.79 Å². The van der Waals surface area contributed by atoms with E-state index in [0.717, 1.165) is 43.2 Å². The van der Waals surface area contributed by atoms with E-state index in [1.165, 1.54) is 12.1 Å². The summed E-state index contributed by atoms with van der Waals surface area (Å²) >= 11 is 3.52. The lowest BCUT2D eigenvalue weighted by atomic mass is 9.96. The van der Waals surface area contributed by atoms with Gasteiger partial charge in [-0.15, -0.1) is 0 Å². The Morgan fingerprint density at radius 2 is 1.74 bits per heavy atom. The fraction of sp³-hybridized carbons (Fsp3) is 0.321. The summed E-state index contributed by atoms with van der Waals surface area (Å²) < 4.78 is 35.0. The van der Waals surface area contributed by atoms with Crippen LogP contribution in [0.3, 0.4) is 0 Å². The molecule has 1 aromatic heterocycles. The second kappa shape index (κ2) is 12.6. The summed E-state index contributed by atoms with van der Waals surface area (Å²) in [6.07, 6.45) is 6.81. The molecule has 11 heteroatoms. The Labute approximate surface area is 236 Å². The highest BCUT2D eigenvalue weighted by Gasteiger charge is 2.25. The number of carbonyl (C=O) groups is 2. The molecule has 1 fully saturated rings. The van der Waals surface area contributed by atoms with Crippen LogP contribution in [-0.2, 0) is 14.8 Å². The average Bonchev–Trinajstić information content (AvgIpc) is 3.27. The van der Waals surface area contributed by atoms with Crippen molar-refractivity contribution in [2.75, 3.05) is 6.61 Å². The minimum Gasteiger partial charge on any atom is -0.461 e. The molecular weight excluding hydrogens is 584 g/mol. The highest BCUT2D eigenvalue weighted by atomic mass is 79.9. The quantitative estimate of drug-likeness (QED) is 0.314. The van der Waals surface area contributed by atoms with E-state index in [9.17, 15) is 18.0 Å². The van der Waals surface area contributed by atoms with Crippen molar-refractivity contribution in [2.45, 2.75) is 56.9 Å². The summed E-state index contributed by atoms with van der Waals surface area (Å²) in [7, 11) is -4.09. The van der Waals surface area contributed by atoms with Gasteiger partial charge in [0, 0.05) is 6.04 Å². The number of nitrogens with zero attached hydrogens (tertiary/aromatic N) is 2. The van der Waals surface area contributed by atoms with Gasteiger partial charge >= 0.3 is 12.0 Å². The molecule has 1 aliphatic rings. The van der Waals surface area contributed by atoms with Crippen LogP contribution in [0.1, 0.15) is 67.7 Å². The zero-order chi connectivity index (χ0) is 28.0. The van der Waals surface area contributed by atoms with E-state index in [1.54, 1.807) is 23.7 Å². The molecule has 39 heavy (non-hydrogen) atoms. The fourth-order valence-electron chi connectivity index (χ4n) is 4.53. The first kappa shape index (κ1) is 28.6. The number of hydrogen-bond donors (Lipinski definition) is 2. The Morgan fingerprint density at radius 1 is 1.08 bits per heavy atom. The number of halogens is 1. The molecule has 0 spiro atoms. The van der Waals surface area contributed by atoms with Crippen molar-refractivity contribution in [3.8, 4) is 5.69 Å². The van der Waals surface area contributed by atoms with Crippen molar-refractivity contribution >= 4 is 49.6 Å². The second-order valence-corrected chi connectivity index (χ2v) is 11.8. The first-order valence-electron chi connectivity index (χ1n) is 12.8. The predicted molar refractivity (Wildman–Crippen MR) is 153 cm³/mol. The molecule has 1 heterocycles. The first-order chi connectivity index (χ1) is 18.7. The molecule has 0 atom stereocenters. The Balaban J connectivity index is 1.63. The Hall–Kier alpha value is -3.44. The van der Waals surface area contributed by atoms with Crippen molar-refractivity contribution in [3.63, 3.8) is 0 Å². The highest BCUT2D eigenvalue weighted by molar-refractivity contribution is 9.10. The summed E-state index contributed by atoms with van der Waals surface area (Å²) in [6.45, 7) is 3.81. The van der Waals surface area contributed by atoms with Crippen molar-refractivity contribution in [1.82, 2.24) is 19.8 Å². The van der Waals surface area contributed by atoms with Gasteiger partial charge < -0.3 is 10.1 Å². The van der Waals surface area contributed by atoms with Crippen molar-refractivity contribution < 1.29 is 22.7 Å². The van der Waals surface area contributed by atoms with Crippen LogP contribution in [-0.4, -0.2) is 42.8 Å². The lowest BCUT2D eigenvalue weighted by molar-refractivity contribution is 0.0518. The minimum absolute atomic E-state index is 0.0196. The van der Waals surface area contributed by atoms with Crippen molar-refractivity contribution in [2.24, 2.45) is 0 Å². The third-order valence-electron chi connectivity index (χ3n) is 6.41. The van der Waals surface area contributed by atoms with Gasteiger partial charge in [-0.25, -0.2) is 27.4 Å². The van der Waals surface area contributed by atoms with E-state index in [0.29, 0.717) is 15.9 Å². The van der Waals surface area contributed by atoms with Crippen LogP contribution in [0.5, 0.6) is 0 Å². The highest BCUT2D eigenvalue weighted by Crippen LogP contribution is 2.32. The number of esters is 1. The van der Waals surface area contributed by atoms with Gasteiger partial charge in [0.15, 0.2) is 5.69 Å². The maximum atomic E-state index is 12.9. The van der Waals surface area contributed by atoms with Gasteiger partial charge in [0.05, 0.1) is 27.4 Å². The largest absolute Gasteiger partial charge is 0.461 e. The molecule has 1 saturated carbocycles. The summed E-state index contributed by atoms with van der Waals surface area (Å²) in [5.74, 6) is -0.579. The lowest BCUT2D eigenvalue weighted by Gasteiger charge is -2.22. The third kappa shape index (κ3) is 6.96. The minimum atomic E-state index is -4.09. The van der Waals surface area contributed by atoms with E-state index in [2.05, 4.69) is 31.1 Å². The number of hydrogen-bond acceptors (Lipinski definition) is 6. The normalized spacial score (nSPS) is 14.6. The van der Waals surface area contributed by atoms with Gasteiger partial charge in [-0.05, 0) is 84.1 Å². The van der Waals surface area contributed by atoms with Crippen LogP contribution >= 0.6 is 15.9 Å². The molecule has 2 aromatic carbocycles. The molecule has 0 radical (unpaired) electrons. The molecule has 2 amide bonds. The van der Waals surface area contributed by atoms with Gasteiger partial charge in [-0.2, -0.15) is 5.10 Å². The molecule has 206 valence electrons. The number of ether oxygens (including phenoxy) is 1. The molecule has 3 aromatic rings. The van der Waals surface area contributed by atoms with Gasteiger partial charge in [-0.1, -0.05) is 49.6 Å². The number of amides is 2. The molecule has 9 nitrogen and oxygen atoms in total. The van der Waals surface area contributed by atoms with Crippen molar-refractivity contribution in [3.05, 3.63) is 76.0 Å². The second-order valence-electron chi connectivity index (χ2n) is 9.29. The number of urea groups is 1. The van der Waals surface area contributed by atoms with E-state index in [-0.39, 0.29) is 23.2 Å². The van der Waals surface area contributed by atoms with Gasteiger partial charge in [-0.3, -0.25) is 0 Å². The average molecular weight is 616 g/mol. The maximum Gasteiger partial charge on any atom is 0.360 e. The number of benzene rings is 2. The van der Waals surface area contributed by atoms with E-state index in [4.69, 9.17) is 4.74 Å². The summed E-state index contributed by atoms with van der Waals surface area (Å²) in [6, 6.07) is 14.9. The van der Waals surface area contributed by atoms with E-state index < -0.39 is 22.0 Å². The van der Waals surface area contributed by atoms with Gasteiger partial charge in [0.25, 0.3) is 10.0 Å². The van der Waals surface area contributed by atoms with Crippen molar-refractivity contribution in [1.29, 1.82) is 0 Å². The number of allylic oxidation sites excluding steroid dienone is 1. The van der Waals surface area contributed by atoms with Crippen LogP contribution in [0.15, 0.2) is 64.0 Å². The third-order valence-corrected chi connectivity index (χ3v) is 8.51. The zero-order valence-electron chi connectivity index (χ0n) is 21.8. The predicted octanol–water partition coefficient (Wildman–Crippen LogP) is 5.69. The molecular formula is C28H31BrN4O5S. The number of rotatable bonds is 8. The number of carbonyl (C=O) groups excluding carboxylic acids is 2. The number of aromatic nitrogens is 2. The molecule has 0 aliphatic heterocycles. The maximum absolute atomic E-state index is 12.9. The summed E-state index contributed by atoms with van der Waals surface area (Å²) in [4.78, 5) is 24.9. The summed E-state index contributed by atoms with van der Waals surface area (Å²) in [5, 5.41) is 7.24. The van der Waals surface area contributed by atoms with Gasteiger partial charge in [0.1, 0.15) is 0 Å². The van der Waals surface area contributed by atoms with Crippen LogP contribution < -0.4 is 10.0 Å². The van der Waals surface area contributed by atoms with Crippen LogP contribution in [0, 0.1) is 0 Å². The molecule has 0 unspecified atom stereocenters. The zero-order valence-corrected chi connectivity index (χ0v) is 24.2. The monoisotopic (exact) mass is 614 g/mol. The van der Waals surface area contributed by atoms with E-state index in [1.807, 2.05) is 43.3 Å². The SMILES string of the molecule is CCOC(=O)c1nn(-c2ccc(S(=O)(=O)NC(=O)NC3CCCCC3)cc2)c(/C(C)=C/c2ccccc2)c1Br. The molecule has 0 bridgehead atoms. The van der Waals surface area contributed by atoms with Gasteiger partial charge in [0.2, 0.25) is 0 Å². The Bertz CT molecular complexity index is 1460. The molecule has 4 rings (SSSR count). The Kier molecular flexibility index (Phi) is 9.24.